The highest BCUT2D eigenvalue weighted by Crippen LogP contribution is 2.49. The van der Waals surface area contributed by atoms with Crippen molar-refractivity contribution < 1.29 is 0 Å². The van der Waals surface area contributed by atoms with E-state index < -0.39 is 0 Å². The van der Waals surface area contributed by atoms with Crippen molar-refractivity contribution in [3.8, 4) is 56.7 Å². The van der Waals surface area contributed by atoms with Crippen molar-refractivity contribution in [2.75, 3.05) is 0 Å². The van der Waals surface area contributed by atoms with Crippen LogP contribution >= 0.6 is 22.7 Å². The molecule has 15 aromatic rings. The van der Waals surface area contributed by atoms with Crippen LogP contribution < -0.4 is 0 Å². The van der Waals surface area contributed by atoms with Gasteiger partial charge < -0.3 is 9.13 Å². The summed E-state index contributed by atoms with van der Waals surface area (Å²) in [6, 6.07) is 74.9. The molecule has 10 aromatic carbocycles. The predicted molar refractivity (Wildman–Crippen MR) is 371 cm³/mol. The first kappa shape index (κ1) is 53.9. The van der Waals surface area contributed by atoms with Gasteiger partial charge in [0.25, 0.3) is 0 Å². The Bertz CT molecular complexity index is 5130. The third-order valence-corrected chi connectivity index (χ3v) is 20.2. The number of benzene rings is 10. The molecule has 422 valence electrons. The molecule has 86 heavy (non-hydrogen) atoms. The molecule has 0 unspecified atom stereocenters. The molecule has 0 radical (unpaired) electrons. The van der Waals surface area contributed by atoms with Crippen LogP contribution in [0.1, 0.15) is 105 Å². The molecule has 0 fully saturated rings. The first-order valence-corrected chi connectivity index (χ1v) is 31.8. The van der Waals surface area contributed by atoms with Gasteiger partial charge in [0.2, 0.25) is 0 Å². The lowest BCUT2D eigenvalue weighted by molar-refractivity contribution is 0.568. The molecule has 0 atom stereocenters. The minimum atomic E-state index is -0.120. The number of hydrogen-bond donors (Lipinski definition) is 0. The zero-order valence-corrected chi connectivity index (χ0v) is 52.7. The highest BCUT2D eigenvalue weighted by molar-refractivity contribution is 7.27. The molecule has 0 amide bonds. The monoisotopic (exact) mass is 1150 g/mol. The first-order valence-electron chi connectivity index (χ1n) is 30.2. The lowest BCUT2D eigenvalue weighted by Gasteiger charge is -2.26. The molecule has 0 spiro atoms. The van der Waals surface area contributed by atoms with E-state index in [0.29, 0.717) is 17.5 Å². The van der Waals surface area contributed by atoms with E-state index >= 15 is 0 Å². The quantitative estimate of drug-likeness (QED) is 0.167. The number of aromatic nitrogens is 5. The second-order valence-corrected chi connectivity index (χ2v) is 29.8. The topological polar surface area (TPSA) is 48.5 Å². The van der Waals surface area contributed by atoms with Gasteiger partial charge in [-0.1, -0.05) is 198 Å². The Hall–Kier alpha value is -8.75. The van der Waals surface area contributed by atoms with E-state index in [4.69, 9.17) is 15.0 Å². The first-order chi connectivity index (χ1) is 41.2. The Labute approximate surface area is 511 Å². The molecule has 15 rings (SSSR count). The van der Waals surface area contributed by atoms with Gasteiger partial charge in [0.1, 0.15) is 0 Å². The standard InChI is InChI=1S/C79H69N5S2/c1-76(2,3)49-39-47(40-50(44-49)77(4,5)6)74-80-73(81-75(82-74)48-41-51(78(7,8)9)45-52(42-48)79(10,11)12)46-33-36-64(84-63-30-20-15-27-59(63)70-66(84)38-35-57-55-25-17-22-32-68(55)86-72(57)70)60(43-46)53-23-13-18-28-61(53)83-62-29-19-14-26-58(62)69-65(83)37-34-56-54-24-16-21-31-67(54)85-71(56)69/h13-45H,1-12H3. The van der Waals surface area contributed by atoms with E-state index in [1.54, 1.807) is 0 Å². The highest BCUT2D eigenvalue weighted by atomic mass is 32.1. The summed E-state index contributed by atoms with van der Waals surface area (Å²) in [7, 11) is 0. The average molecular weight is 1150 g/mol. The Balaban J connectivity index is 1.04. The molecule has 0 saturated carbocycles. The summed E-state index contributed by atoms with van der Waals surface area (Å²) in [4.78, 5) is 16.8. The maximum Gasteiger partial charge on any atom is 0.164 e. The molecule has 0 saturated heterocycles. The summed E-state index contributed by atoms with van der Waals surface area (Å²) >= 11 is 3.78. The van der Waals surface area contributed by atoms with Gasteiger partial charge >= 0.3 is 0 Å². The number of hydrogen-bond acceptors (Lipinski definition) is 5. The van der Waals surface area contributed by atoms with Crippen LogP contribution in [0.4, 0.5) is 0 Å². The van der Waals surface area contributed by atoms with E-state index in [9.17, 15) is 0 Å². The van der Waals surface area contributed by atoms with Crippen LogP contribution in [0.3, 0.4) is 0 Å². The summed E-state index contributed by atoms with van der Waals surface area (Å²) in [6.45, 7) is 27.5. The lowest BCUT2D eigenvalue weighted by atomic mass is 9.79. The van der Waals surface area contributed by atoms with E-state index in [0.717, 1.165) is 55.7 Å². The normalized spacial score (nSPS) is 12.9. The van der Waals surface area contributed by atoms with Gasteiger partial charge in [-0.05, 0) is 129 Å². The third-order valence-electron chi connectivity index (χ3n) is 17.8. The molecule has 0 N–H and O–H groups in total. The minimum absolute atomic E-state index is 0.120. The van der Waals surface area contributed by atoms with Gasteiger partial charge in [-0.15, -0.1) is 22.7 Å². The third kappa shape index (κ3) is 8.79. The molecule has 0 aliphatic heterocycles. The number of rotatable bonds is 6. The molecular weight excluding hydrogens is 1080 g/mol. The van der Waals surface area contributed by atoms with Crippen molar-refractivity contribution in [2.45, 2.75) is 105 Å². The lowest BCUT2D eigenvalue weighted by Crippen LogP contribution is -2.17. The molecule has 0 aliphatic carbocycles. The number of nitrogens with zero attached hydrogens (tertiary/aromatic N) is 5. The van der Waals surface area contributed by atoms with Crippen molar-refractivity contribution in [3.63, 3.8) is 0 Å². The fourth-order valence-electron chi connectivity index (χ4n) is 13.0. The van der Waals surface area contributed by atoms with E-state index in [2.05, 4.69) is 292 Å². The molecule has 5 nitrogen and oxygen atoms in total. The Kier molecular flexibility index (Phi) is 12.2. The Morgan fingerprint density at radius 2 is 0.663 bits per heavy atom. The van der Waals surface area contributed by atoms with Gasteiger partial charge in [0.05, 0.1) is 33.4 Å². The molecule has 5 aromatic heterocycles. The second-order valence-electron chi connectivity index (χ2n) is 27.7. The molecule has 0 aliphatic rings. The smallest absolute Gasteiger partial charge is 0.164 e. The van der Waals surface area contributed by atoms with Crippen molar-refractivity contribution in [3.05, 3.63) is 222 Å². The van der Waals surface area contributed by atoms with Gasteiger partial charge in [-0.3, -0.25) is 0 Å². The van der Waals surface area contributed by atoms with Crippen molar-refractivity contribution in [1.29, 1.82) is 0 Å². The van der Waals surface area contributed by atoms with E-state index in [1.165, 1.54) is 89.7 Å². The number of para-hydroxylation sites is 3. The van der Waals surface area contributed by atoms with Crippen molar-refractivity contribution >= 4 is 107 Å². The van der Waals surface area contributed by atoms with Crippen LogP contribution in [0.25, 0.3) is 141 Å². The number of thiophene rings is 2. The second kappa shape index (κ2) is 19.4. The summed E-state index contributed by atoms with van der Waals surface area (Å²) < 4.78 is 10.2. The number of fused-ring (bicyclic) bond motifs is 14. The van der Waals surface area contributed by atoms with Crippen LogP contribution in [0.15, 0.2) is 200 Å². The maximum atomic E-state index is 5.64. The van der Waals surface area contributed by atoms with Gasteiger partial charge in [-0.2, -0.15) is 0 Å². The molecular formula is C79H69N5S2. The predicted octanol–water partition coefficient (Wildman–Crippen LogP) is 22.7. The Morgan fingerprint density at radius 3 is 1.10 bits per heavy atom. The molecule has 7 heteroatoms. The fourth-order valence-corrected chi connectivity index (χ4v) is 15.5. The molecule has 0 bridgehead atoms. The van der Waals surface area contributed by atoms with Crippen LogP contribution in [-0.4, -0.2) is 24.1 Å². The van der Waals surface area contributed by atoms with Crippen molar-refractivity contribution in [2.24, 2.45) is 0 Å². The fraction of sp³-hybridized carbons (Fsp3) is 0.203. The van der Waals surface area contributed by atoms with Crippen molar-refractivity contribution in [1.82, 2.24) is 24.1 Å². The zero-order valence-electron chi connectivity index (χ0n) is 51.1. The largest absolute Gasteiger partial charge is 0.309 e. The summed E-state index contributed by atoms with van der Waals surface area (Å²) in [5, 5.41) is 10.2. The summed E-state index contributed by atoms with van der Waals surface area (Å²) in [6.07, 6.45) is 0. The highest BCUT2D eigenvalue weighted by Gasteiger charge is 2.28. The van der Waals surface area contributed by atoms with Gasteiger partial charge in [0.15, 0.2) is 17.5 Å². The van der Waals surface area contributed by atoms with Gasteiger partial charge in [0, 0.05) is 89.7 Å². The van der Waals surface area contributed by atoms with Crippen LogP contribution in [0.5, 0.6) is 0 Å². The summed E-state index contributed by atoms with van der Waals surface area (Å²) in [5.41, 5.74) is 16.3. The maximum absolute atomic E-state index is 5.64. The van der Waals surface area contributed by atoms with Crippen LogP contribution in [-0.2, 0) is 21.7 Å². The summed E-state index contributed by atoms with van der Waals surface area (Å²) in [5.74, 6) is 1.92. The SMILES string of the molecule is CC(C)(C)c1cc(-c2nc(-c3cc(C(C)(C)C)cc(C(C)(C)C)c3)nc(-c3ccc(-n4c5ccccc5c5c6sc7ccccc7c6ccc54)c(-c4ccccc4-n4c5ccccc5c5c6sc7ccccc7c6ccc54)c3)n2)cc(C(C)(C)C)c1. The minimum Gasteiger partial charge on any atom is -0.309 e. The van der Waals surface area contributed by atoms with Crippen LogP contribution in [0.2, 0.25) is 0 Å². The van der Waals surface area contributed by atoms with E-state index in [1.807, 2.05) is 22.7 Å². The van der Waals surface area contributed by atoms with E-state index in [-0.39, 0.29) is 21.7 Å². The average Bonchev–Trinajstić information content (AvgIpc) is 1.58. The van der Waals surface area contributed by atoms with Gasteiger partial charge in [-0.25, -0.2) is 15.0 Å². The Morgan fingerprint density at radius 1 is 0.291 bits per heavy atom. The zero-order chi connectivity index (χ0) is 59.3. The van der Waals surface area contributed by atoms with Crippen LogP contribution in [0, 0.1) is 0 Å². The molecule has 5 heterocycles.